The molecular formula is C14H12N2. The molecule has 0 saturated carbocycles. The second-order valence-corrected chi connectivity index (χ2v) is 3.54. The monoisotopic (exact) mass is 208 g/mol. The molecule has 1 aromatic carbocycles. The van der Waals surface area contributed by atoms with Crippen molar-refractivity contribution in [1.82, 2.24) is 0 Å². The fourth-order valence-electron chi connectivity index (χ4n) is 1.25. The molecule has 78 valence electrons. The predicted molar refractivity (Wildman–Crippen MR) is 65.0 cm³/mol. The van der Waals surface area contributed by atoms with Gasteiger partial charge in [0, 0.05) is 11.1 Å². The molecule has 0 radical (unpaired) electrons. The van der Waals surface area contributed by atoms with E-state index in [1.165, 1.54) is 0 Å². The lowest BCUT2D eigenvalue weighted by molar-refractivity contribution is 1.45. The van der Waals surface area contributed by atoms with Crippen LogP contribution in [0.3, 0.4) is 0 Å². The van der Waals surface area contributed by atoms with Gasteiger partial charge >= 0.3 is 0 Å². The number of rotatable bonds is 2. The highest BCUT2D eigenvalue weighted by Crippen LogP contribution is 2.11. The molecule has 0 amide bonds. The molecule has 0 bridgehead atoms. The summed E-state index contributed by atoms with van der Waals surface area (Å²) < 4.78 is 0. The Labute approximate surface area is 95.8 Å². The van der Waals surface area contributed by atoms with E-state index in [4.69, 9.17) is 10.5 Å². The van der Waals surface area contributed by atoms with E-state index >= 15 is 0 Å². The average molecular weight is 208 g/mol. The van der Waals surface area contributed by atoms with Gasteiger partial charge in [0.15, 0.2) is 0 Å². The Morgan fingerprint density at radius 2 is 1.19 bits per heavy atom. The first kappa shape index (κ1) is 11.8. The summed E-state index contributed by atoms with van der Waals surface area (Å²) >= 11 is 0. The zero-order chi connectivity index (χ0) is 12.0. The molecule has 2 nitrogen and oxygen atoms in total. The molecule has 0 unspecified atom stereocenters. The third-order valence-corrected chi connectivity index (χ3v) is 2.06. The van der Waals surface area contributed by atoms with Crippen LogP contribution in [0.15, 0.2) is 35.4 Å². The second-order valence-electron chi connectivity index (χ2n) is 3.54. The van der Waals surface area contributed by atoms with Crippen LogP contribution in [0.4, 0.5) is 0 Å². The zero-order valence-corrected chi connectivity index (χ0v) is 9.36. The second kappa shape index (κ2) is 5.53. The molecule has 1 rings (SSSR count). The van der Waals surface area contributed by atoms with Crippen LogP contribution in [0.1, 0.15) is 25.0 Å². The van der Waals surface area contributed by atoms with Crippen LogP contribution < -0.4 is 0 Å². The number of hydrogen-bond acceptors (Lipinski definition) is 2. The minimum atomic E-state index is 0.677. The molecule has 2 heteroatoms. The molecule has 1 aromatic rings. The van der Waals surface area contributed by atoms with E-state index in [9.17, 15) is 0 Å². The van der Waals surface area contributed by atoms with E-state index in [0.717, 1.165) is 11.1 Å². The molecular weight excluding hydrogens is 196 g/mol. The van der Waals surface area contributed by atoms with Gasteiger partial charge in [-0.05, 0) is 37.1 Å². The van der Waals surface area contributed by atoms with Gasteiger partial charge in [0.2, 0.25) is 0 Å². The standard InChI is InChI=1S/C14H12N2/c1-11(9-15)7-13-3-5-14(6-4-13)8-12(2)10-16/h3-8H,1-2H3/b11-7-,12-8-. The highest BCUT2D eigenvalue weighted by atomic mass is 14.2. The Balaban J connectivity index is 2.94. The van der Waals surface area contributed by atoms with E-state index in [1.807, 2.05) is 36.4 Å². The van der Waals surface area contributed by atoms with E-state index in [1.54, 1.807) is 13.8 Å². The van der Waals surface area contributed by atoms with Crippen LogP contribution in [0.25, 0.3) is 12.2 Å². The molecule has 0 aliphatic rings. The number of nitrogens with zero attached hydrogens (tertiary/aromatic N) is 2. The Bertz CT molecular complexity index is 456. The molecule has 0 aromatic heterocycles. The fraction of sp³-hybridized carbons (Fsp3) is 0.143. The van der Waals surface area contributed by atoms with Gasteiger partial charge in [-0.3, -0.25) is 0 Å². The van der Waals surface area contributed by atoms with Crippen molar-refractivity contribution in [1.29, 1.82) is 10.5 Å². The topological polar surface area (TPSA) is 47.6 Å². The Morgan fingerprint density at radius 3 is 1.44 bits per heavy atom. The number of nitriles is 2. The molecule has 0 saturated heterocycles. The van der Waals surface area contributed by atoms with Crippen molar-refractivity contribution in [3.63, 3.8) is 0 Å². The van der Waals surface area contributed by atoms with E-state index in [0.29, 0.717) is 11.1 Å². The van der Waals surface area contributed by atoms with Crippen LogP contribution in [0.2, 0.25) is 0 Å². The van der Waals surface area contributed by atoms with Crippen LogP contribution >= 0.6 is 0 Å². The highest BCUT2D eigenvalue weighted by molar-refractivity contribution is 5.61. The van der Waals surface area contributed by atoms with Crippen LogP contribution in [-0.2, 0) is 0 Å². The third kappa shape index (κ3) is 3.44. The molecule has 0 aliphatic carbocycles. The van der Waals surface area contributed by atoms with Crippen molar-refractivity contribution in [3.8, 4) is 12.1 Å². The first-order chi connectivity index (χ1) is 7.65. The minimum Gasteiger partial charge on any atom is -0.193 e. The van der Waals surface area contributed by atoms with Gasteiger partial charge in [0.05, 0.1) is 12.1 Å². The number of allylic oxidation sites excluding steroid dienone is 2. The van der Waals surface area contributed by atoms with Crippen LogP contribution in [0, 0.1) is 22.7 Å². The first-order valence-electron chi connectivity index (χ1n) is 4.92. The molecule has 0 spiro atoms. The SMILES string of the molecule is C/C(C#N)=C/c1ccc(/C=C(/C)C#N)cc1. The summed E-state index contributed by atoms with van der Waals surface area (Å²) in [5.74, 6) is 0. The summed E-state index contributed by atoms with van der Waals surface area (Å²) in [6.07, 6.45) is 3.65. The predicted octanol–water partition coefficient (Wildman–Crippen LogP) is 3.54. The fourth-order valence-corrected chi connectivity index (χ4v) is 1.25. The van der Waals surface area contributed by atoms with Gasteiger partial charge in [-0.15, -0.1) is 0 Å². The maximum absolute atomic E-state index is 8.64. The molecule has 0 fully saturated rings. The largest absolute Gasteiger partial charge is 0.193 e. The summed E-state index contributed by atoms with van der Waals surface area (Å²) in [6.45, 7) is 3.54. The Kier molecular flexibility index (Phi) is 4.07. The van der Waals surface area contributed by atoms with Crippen molar-refractivity contribution in [2.45, 2.75) is 13.8 Å². The van der Waals surface area contributed by atoms with Gasteiger partial charge < -0.3 is 0 Å². The minimum absolute atomic E-state index is 0.677. The van der Waals surface area contributed by atoms with Crippen LogP contribution in [0.5, 0.6) is 0 Å². The van der Waals surface area contributed by atoms with E-state index in [-0.39, 0.29) is 0 Å². The lowest BCUT2D eigenvalue weighted by Gasteiger charge is -1.96. The van der Waals surface area contributed by atoms with Gasteiger partial charge in [-0.25, -0.2) is 0 Å². The maximum atomic E-state index is 8.64. The molecule has 0 heterocycles. The van der Waals surface area contributed by atoms with Gasteiger partial charge in [-0.1, -0.05) is 24.3 Å². The smallest absolute Gasteiger partial charge is 0.0944 e. The van der Waals surface area contributed by atoms with Crippen molar-refractivity contribution < 1.29 is 0 Å². The number of benzene rings is 1. The Hall–Kier alpha value is -2.32. The van der Waals surface area contributed by atoms with Crippen LogP contribution in [-0.4, -0.2) is 0 Å². The summed E-state index contributed by atoms with van der Waals surface area (Å²) in [5, 5.41) is 17.3. The molecule has 0 atom stereocenters. The quantitative estimate of drug-likeness (QED) is 0.698. The first-order valence-corrected chi connectivity index (χ1v) is 4.92. The molecule has 0 N–H and O–H groups in total. The summed E-state index contributed by atoms with van der Waals surface area (Å²) in [7, 11) is 0. The van der Waals surface area contributed by atoms with Gasteiger partial charge in [-0.2, -0.15) is 10.5 Å². The average Bonchev–Trinajstić information content (AvgIpc) is 2.31. The van der Waals surface area contributed by atoms with Gasteiger partial charge in [0.1, 0.15) is 0 Å². The normalized spacial score (nSPS) is 11.8. The maximum Gasteiger partial charge on any atom is 0.0944 e. The zero-order valence-electron chi connectivity index (χ0n) is 9.36. The van der Waals surface area contributed by atoms with Crippen molar-refractivity contribution in [2.75, 3.05) is 0 Å². The van der Waals surface area contributed by atoms with Crippen molar-refractivity contribution in [3.05, 3.63) is 46.5 Å². The van der Waals surface area contributed by atoms with E-state index < -0.39 is 0 Å². The summed E-state index contributed by atoms with van der Waals surface area (Å²) in [4.78, 5) is 0. The highest BCUT2D eigenvalue weighted by Gasteiger charge is 1.92. The number of hydrogen-bond donors (Lipinski definition) is 0. The lowest BCUT2D eigenvalue weighted by Crippen LogP contribution is -1.77. The lowest BCUT2D eigenvalue weighted by atomic mass is 10.1. The van der Waals surface area contributed by atoms with Gasteiger partial charge in [0.25, 0.3) is 0 Å². The molecule has 16 heavy (non-hydrogen) atoms. The van der Waals surface area contributed by atoms with Crippen molar-refractivity contribution in [2.24, 2.45) is 0 Å². The van der Waals surface area contributed by atoms with Crippen molar-refractivity contribution >= 4 is 12.2 Å². The third-order valence-electron chi connectivity index (χ3n) is 2.06. The molecule has 0 aliphatic heterocycles. The summed E-state index contributed by atoms with van der Waals surface area (Å²) in [6, 6.07) is 11.9. The Morgan fingerprint density at radius 1 is 0.875 bits per heavy atom. The summed E-state index contributed by atoms with van der Waals surface area (Å²) in [5.41, 5.74) is 3.34. The van der Waals surface area contributed by atoms with E-state index in [2.05, 4.69) is 12.1 Å².